The number of ether oxygens (including phenoxy) is 1. The minimum Gasteiger partial charge on any atom is -0.372 e. The summed E-state index contributed by atoms with van der Waals surface area (Å²) in [6.45, 7) is 8.82. The number of anilines is 2. The van der Waals surface area contributed by atoms with Gasteiger partial charge in [0.25, 0.3) is 0 Å². The number of nitrogens with zero attached hydrogens (tertiary/aromatic N) is 4. The average Bonchev–Trinajstić information content (AvgIpc) is 2.66. The van der Waals surface area contributed by atoms with Gasteiger partial charge in [0.15, 0.2) is 0 Å². The van der Waals surface area contributed by atoms with Crippen LogP contribution in [0.5, 0.6) is 0 Å². The zero-order chi connectivity index (χ0) is 20.5. The molecule has 29 heavy (non-hydrogen) atoms. The highest BCUT2D eigenvalue weighted by molar-refractivity contribution is 9.10. The average molecular weight is 460 g/mol. The summed E-state index contributed by atoms with van der Waals surface area (Å²) < 4.78 is 6.82. The van der Waals surface area contributed by atoms with Gasteiger partial charge in [0.2, 0.25) is 0 Å². The second-order valence-electron chi connectivity index (χ2n) is 7.79. The lowest BCUT2D eigenvalue weighted by Crippen LogP contribution is -2.47. The summed E-state index contributed by atoms with van der Waals surface area (Å²) in [5.74, 6) is 1.71. The number of halogens is 1. The second-order valence-corrected chi connectivity index (χ2v) is 8.71. The van der Waals surface area contributed by atoms with Crippen LogP contribution in [-0.4, -0.2) is 52.7 Å². The Balaban J connectivity index is 1.57. The number of benzene rings is 1. The van der Waals surface area contributed by atoms with E-state index in [1.54, 1.807) is 0 Å². The molecule has 2 amide bonds. The van der Waals surface area contributed by atoms with Gasteiger partial charge in [-0.15, -0.1) is 0 Å². The van der Waals surface area contributed by atoms with Crippen molar-refractivity contribution < 1.29 is 9.53 Å². The van der Waals surface area contributed by atoms with Crippen molar-refractivity contribution in [1.82, 2.24) is 14.9 Å². The molecule has 2 aliphatic rings. The van der Waals surface area contributed by atoms with Gasteiger partial charge in [-0.3, -0.25) is 0 Å². The van der Waals surface area contributed by atoms with E-state index in [1.165, 1.54) is 0 Å². The summed E-state index contributed by atoms with van der Waals surface area (Å²) >= 11 is 3.44. The van der Waals surface area contributed by atoms with Crippen LogP contribution in [0.2, 0.25) is 0 Å². The summed E-state index contributed by atoms with van der Waals surface area (Å²) in [4.78, 5) is 26.4. The van der Waals surface area contributed by atoms with E-state index in [-0.39, 0.29) is 18.2 Å². The normalized spacial score (nSPS) is 21.7. The first-order valence-corrected chi connectivity index (χ1v) is 10.8. The molecule has 2 unspecified atom stereocenters. The number of nitrogens with one attached hydrogen (secondary N) is 1. The lowest BCUT2D eigenvalue weighted by Gasteiger charge is -2.38. The van der Waals surface area contributed by atoms with Gasteiger partial charge in [-0.1, -0.05) is 22.0 Å². The van der Waals surface area contributed by atoms with Crippen LogP contribution in [0.15, 0.2) is 28.7 Å². The topological polar surface area (TPSA) is 70.6 Å². The number of hydrogen-bond acceptors (Lipinski definition) is 5. The van der Waals surface area contributed by atoms with Crippen molar-refractivity contribution in [1.29, 1.82) is 0 Å². The zero-order valence-corrected chi connectivity index (χ0v) is 18.6. The van der Waals surface area contributed by atoms with E-state index in [0.717, 1.165) is 52.6 Å². The predicted molar refractivity (Wildman–Crippen MR) is 116 cm³/mol. The number of urea groups is 1. The van der Waals surface area contributed by atoms with Gasteiger partial charge in [-0.2, -0.15) is 0 Å². The van der Waals surface area contributed by atoms with E-state index >= 15 is 0 Å². The highest BCUT2D eigenvalue weighted by Gasteiger charge is 2.30. The molecule has 0 aliphatic carbocycles. The van der Waals surface area contributed by atoms with Crippen molar-refractivity contribution in [3.63, 3.8) is 0 Å². The second kappa shape index (κ2) is 8.28. The lowest BCUT2D eigenvalue weighted by molar-refractivity contribution is -0.00557. The number of carbonyl (C=O) groups excluding carboxylic acids is 1. The van der Waals surface area contributed by atoms with Crippen molar-refractivity contribution >= 4 is 33.5 Å². The molecule has 1 aromatic heterocycles. The van der Waals surface area contributed by atoms with Crippen LogP contribution in [-0.2, 0) is 17.7 Å². The Labute approximate surface area is 179 Å². The Bertz CT molecular complexity index is 912. The third-order valence-corrected chi connectivity index (χ3v) is 5.73. The molecule has 1 N–H and O–H groups in total. The van der Waals surface area contributed by atoms with E-state index in [1.807, 2.05) is 36.1 Å². The largest absolute Gasteiger partial charge is 0.372 e. The van der Waals surface area contributed by atoms with Crippen molar-refractivity contribution in [2.45, 2.75) is 45.9 Å². The molecule has 2 aliphatic heterocycles. The molecule has 0 spiro atoms. The molecule has 8 heteroatoms. The van der Waals surface area contributed by atoms with Crippen LogP contribution in [0.4, 0.5) is 16.3 Å². The van der Waals surface area contributed by atoms with Gasteiger partial charge < -0.3 is 19.9 Å². The SMILES string of the molecule is Cc1nc2c(c(N3CC(C)OC(C)C3)n1)CN(C(=O)Nc1cccc(Br)c1)CC2. The summed E-state index contributed by atoms with van der Waals surface area (Å²) in [6, 6.07) is 7.51. The Hall–Kier alpha value is -2.19. The maximum Gasteiger partial charge on any atom is 0.322 e. The van der Waals surface area contributed by atoms with Crippen molar-refractivity contribution in [3.05, 3.63) is 45.8 Å². The van der Waals surface area contributed by atoms with Crippen LogP contribution in [0, 0.1) is 6.92 Å². The fourth-order valence-electron chi connectivity index (χ4n) is 4.07. The van der Waals surface area contributed by atoms with Gasteiger partial charge in [-0.05, 0) is 39.0 Å². The monoisotopic (exact) mass is 459 g/mol. The molecule has 7 nitrogen and oxygen atoms in total. The number of hydrogen-bond donors (Lipinski definition) is 1. The summed E-state index contributed by atoms with van der Waals surface area (Å²) in [5.41, 5.74) is 2.87. The lowest BCUT2D eigenvalue weighted by atomic mass is 10.0. The molecule has 0 radical (unpaired) electrons. The van der Waals surface area contributed by atoms with E-state index < -0.39 is 0 Å². The van der Waals surface area contributed by atoms with Crippen LogP contribution >= 0.6 is 15.9 Å². The first-order chi connectivity index (χ1) is 13.9. The number of aromatic nitrogens is 2. The van der Waals surface area contributed by atoms with Gasteiger partial charge in [0.05, 0.1) is 24.4 Å². The fraction of sp³-hybridized carbons (Fsp3) is 0.476. The predicted octanol–water partition coefficient (Wildman–Crippen LogP) is 3.75. The number of carbonyl (C=O) groups is 1. The number of morpholine rings is 1. The fourth-order valence-corrected chi connectivity index (χ4v) is 4.47. The van der Waals surface area contributed by atoms with Crippen molar-refractivity contribution in [2.24, 2.45) is 0 Å². The van der Waals surface area contributed by atoms with E-state index in [0.29, 0.717) is 13.1 Å². The zero-order valence-electron chi connectivity index (χ0n) is 17.0. The number of fused-ring (bicyclic) bond motifs is 1. The molecule has 1 fully saturated rings. The molecule has 4 rings (SSSR count). The summed E-state index contributed by atoms with van der Waals surface area (Å²) in [5, 5.41) is 2.99. The molecule has 154 valence electrons. The molecule has 2 atom stereocenters. The van der Waals surface area contributed by atoms with Gasteiger partial charge in [-0.25, -0.2) is 14.8 Å². The first kappa shape index (κ1) is 20.1. The Morgan fingerprint density at radius 3 is 2.72 bits per heavy atom. The Kier molecular flexibility index (Phi) is 5.74. The minimum atomic E-state index is -0.107. The maximum absolute atomic E-state index is 12.9. The maximum atomic E-state index is 12.9. The number of aryl methyl sites for hydroxylation is 1. The molecule has 0 bridgehead atoms. The highest BCUT2D eigenvalue weighted by atomic mass is 79.9. The molecular weight excluding hydrogens is 434 g/mol. The molecule has 1 aromatic carbocycles. The van der Waals surface area contributed by atoms with E-state index in [2.05, 4.69) is 45.0 Å². The molecule has 2 aromatic rings. The third-order valence-electron chi connectivity index (χ3n) is 5.23. The first-order valence-electron chi connectivity index (χ1n) is 9.97. The third kappa shape index (κ3) is 4.53. The van der Waals surface area contributed by atoms with Gasteiger partial charge in [0.1, 0.15) is 11.6 Å². The molecule has 1 saturated heterocycles. The minimum absolute atomic E-state index is 0.107. The van der Waals surface area contributed by atoms with Crippen LogP contribution in [0.1, 0.15) is 30.9 Å². The van der Waals surface area contributed by atoms with Crippen molar-refractivity contribution in [3.8, 4) is 0 Å². The summed E-state index contributed by atoms with van der Waals surface area (Å²) in [6.07, 6.45) is 1.01. The Morgan fingerprint density at radius 1 is 1.24 bits per heavy atom. The molecule has 3 heterocycles. The Morgan fingerprint density at radius 2 is 2.00 bits per heavy atom. The summed E-state index contributed by atoms with van der Waals surface area (Å²) in [7, 11) is 0. The van der Waals surface area contributed by atoms with Gasteiger partial charge in [0, 0.05) is 41.8 Å². The molecule has 0 saturated carbocycles. The van der Waals surface area contributed by atoms with Crippen LogP contribution in [0.25, 0.3) is 0 Å². The highest BCUT2D eigenvalue weighted by Crippen LogP contribution is 2.29. The standard InChI is InChI=1S/C21H26BrN5O2/c1-13-10-27(11-14(2)29-13)20-18-12-26(8-7-19(18)23-15(3)24-20)21(28)25-17-6-4-5-16(22)9-17/h4-6,9,13-14H,7-8,10-12H2,1-3H3,(H,25,28). The quantitative estimate of drug-likeness (QED) is 0.740. The van der Waals surface area contributed by atoms with E-state index in [9.17, 15) is 4.79 Å². The van der Waals surface area contributed by atoms with E-state index in [4.69, 9.17) is 9.72 Å². The number of rotatable bonds is 2. The van der Waals surface area contributed by atoms with Crippen LogP contribution < -0.4 is 10.2 Å². The molecular formula is C21H26BrN5O2. The van der Waals surface area contributed by atoms with Crippen molar-refractivity contribution in [2.75, 3.05) is 29.9 Å². The number of amides is 2. The van der Waals surface area contributed by atoms with Crippen LogP contribution in [0.3, 0.4) is 0 Å². The van der Waals surface area contributed by atoms with Gasteiger partial charge >= 0.3 is 6.03 Å². The smallest absolute Gasteiger partial charge is 0.322 e.